The van der Waals surface area contributed by atoms with Crippen LogP contribution in [0.25, 0.3) is 0 Å². The van der Waals surface area contributed by atoms with Crippen LogP contribution in [0.4, 0.5) is 0 Å². The Morgan fingerprint density at radius 2 is 1.75 bits per heavy atom. The summed E-state index contributed by atoms with van der Waals surface area (Å²) >= 11 is 0. The smallest absolute Gasteiger partial charge is 0.251 e. The van der Waals surface area contributed by atoms with Gasteiger partial charge in [0.05, 0.1) is 6.10 Å². The number of benzene rings is 2. The summed E-state index contributed by atoms with van der Waals surface area (Å²) in [6.07, 6.45) is 0.813. The normalized spacial score (nSPS) is 16.3. The molecule has 2 aromatic rings. The van der Waals surface area contributed by atoms with Crippen LogP contribution < -0.4 is 15.9 Å². The molecule has 0 bridgehead atoms. The Morgan fingerprint density at radius 3 is 2.36 bits per heavy atom. The van der Waals surface area contributed by atoms with Crippen LogP contribution in [0.1, 0.15) is 29.9 Å². The third-order valence-corrected chi connectivity index (χ3v) is 4.74. The van der Waals surface area contributed by atoms with Crippen molar-refractivity contribution in [3.8, 4) is 5.75 Å². The largest absolute Gasteiger partial charge is 0.489 e. The zero-order valence-corrected chi connectivity index (χ0v) is 15.6. The highest BCUT2D eigenvalue weighted by Gasteiger charge is 2.29. The number of aliphatic hydroxyl groups excluding tert-OH is 1. The molecule has 1 saturated heterocycles. The number of amides is 2. The van der Waals surface area contributed by atoms with Gasteiger partial charge in [0, 0.05) is 13.1 Å². The number of ether oxygens (including phenoxy) is 1. The van der Waals surface area contributed by atoms with E-state index in [1.807, 2.05) is 30.3 Å². The van der Waals surface area contributed by atoms with Gasteiger partial charge in [-0.3, -0.25) is 15.0 Å². The topological polar surface area (TPSA) is 105 Å². The molecule has 0 radical (unpaired) electrons. The molecule has 28 heavy (non-hydrogen) atoms. The second-order valence-electron chi connectivity index (χ2n) is 6.87. The maximum atomic E-state index is 12.6. The minimum Gasteiger partial charge on any atom is -0.489 e. The molecule has 1 aliphatic rings. The van der Waals surface area contributed by atoms with Crippen LogP contribution in [0.15, 0.2) is 54.6 Å². The van der Waals surface area contributed by atoms with E-state index in [0.29, 0.717) is 43.9 Å². The van der Waals surface area contributed by atoms with E-state index in [4.69, 9.17) is 10.5 Å². The number of hydrogen-bond acceptors (Lipinski definition) is 5. The molecule has 148 valence electrons. The molecule has 0 aliphatic carbocycles. The van der Waals surface area contributed by atoms with E-state index in [2.05, 4.69) is 5.43 Å². The van der Waals surface area contributed by atoms with Crippen molar-refractivity contribution in [3.05, 3.63) is 65.7 Å². The maximum absolute atomic E-state index is 12.6. The minimum absolute atomic E-state index is 0.344. The van der Waals surface area contributed by atoms with Crippen LogP contribution in [0.5, 0.6) is 5.75 Å². The molecule has 0 aromatic heterocycles. The molecule has 1 atom stereocenters. The molecule has 1 heterocycles. The molecular weight excluding hydrogens is 358 g/mol. The van der Waals surface area contributed by atoms with Crippen molar-refractivity contribution in [2.45, 2.75) is 31.5 Å². The Balaban J connectivity index is 1.61. The van der Waals surface area contributed by atoms with E-state index in [0.717, 1.165) is 5.56 Å². The summed E-state index contributed by atoms with van der Waals surface area (Å²) in [4.78, 5) is 24.5. The minimum atomic E-state index is -1.09. The number of carbonyl (C=O) groups is 2. The number of hydrazine groups is 1. The third kappa shape index (κ3) is 5.31. The highest BCUT2D eigenvalue weighted by molar-refractivity contribution is 6.04. The van der Waals surface area contributed by atoms with Gasteiger partial charge >= 0.3 is 0 Å². The van der Waals surface area contributed by atoms with Crippen molar-refractivity contribution in [1.29, 1.82) is 0 Å². The Morgan fingerprint density at radius 1 is 1.11 bits per heavy atom. The number of piperidine rings is 1. The molecule has 0 spiro atoms. The molecule has 4 N–H and O–H groups in total. The zero-order chi connectivity index (χ0) is 19.9. The third-order valence-electron chi connectivity index (χ3n) is 4.74. The van der Waals surface area contributed by atoms with Crippen molar-refractivity contribution < 1.29 is 19.4 Å². The number of nitrogens with zero attached hydrogens (tertiary/aromatic N) is 1. The van der Waals surface area contributed by atoms with Gasteiger partial charge in [0.25, 0.3) is 5.91 Å². The van der Waals surface area contributed by atoms with Crippen LogP contribution >= 0.6 is 0 Å². The maximum Gasteiger partial charge on any atom is 0.251 e. The predicted molar refractivity (Wildman–Crippen MR) is 104 cm³/mol. The fraction of sp³-hybridized carbons (Fsp3) is 0.333. The van der Waals surface area contributed by atoms with E-state index in [-0.39, 0.29) is 6.10 Å². The van der Waals surface area contributed by atoms with Gasteiger partial charge in [-0.2, -0.15) is 0 Å². The van der Waals surface area contributed by atoms with E-state index >= 15 is 0 Å². The van der Waals surface area contributed by atoms with Crippen molar-refractivity contribution in [2.24, 2.45) is 5.73 Å². The number of rotatable bonds is 7. The quantitative estimate of drug-likeness (QED) is 0.626. The Hall–Kier alpha value is -2.90. The molecule has 3 rings (SSSR count). The van der Waals surface area contributed by atoms with E-state index < -0.39 is 17.7 Å². The molecule has 1 aliphatic heterocycles. The Bertz CT molecular complexity index is 787. The van der Waals surface area contributed by atoms with Crippen molar-refractivity contribution in [1.82, 2.24) is 10.4 Å². The number of hydrogen-bond donors (Lipinski definition) is 3. The summed E-state index contributed by atoms with van der Waals surface area (Å²) in [6.45, 7) is 1.50. The summed E-state index contributed by atoms with van der Waals surface area (Å²) in [5.74, 6) is -1.63. The van der Waals surface area contributed by atoms with Gasteiger partial charge in [-0.15, -0.1) is 0 Å². The van der Waals surface area contributed by atoms with E-state index in [1.165, 1.54) is 0 Å². The lowest BCUT2D eigenvalue weighted by Crippen LogP contribution is -2.50. The SMILES string of the molecule is NC(=O)C(C(=O)NN1CCC(O)CC1)c1ccc(OCc2ccccc2)cc1. The summed E-state index contributed by atoms with van der Waals surface area (Å²) in [6, 6.07) is 16.6. The van der Waals surface area contributed by atoms with Gasteiger partial charge in [0.15, 0.2) is 0 Å². The molecule has 2 aromatic carbocycles. The lowest BCUT2D eigenvalue weighted by molar-refractivity contribution is -0.134. The number of nitrogens with two attached hydrogens (primary N) is 1. The summed E-state index contributed by atoms with van der Waals surface area (Å²) < 4.78 is 5.73. The fourth-order valence-electron chi connectivity index (χ4n) is 3.14. The van der Waals surface area contributed by atoms with Crippen LogP contribution in [0, 0.1) is 0 Å². The molecular formula is C21H25N3O4. The first-order chi connectivity index (χ1) is 13.5. The van der Waals surface area contributed by atoms with Crippen LogP contribution in [0.3, 0.4) is 0 Å². The first kappa shape index (κ1) is 19.9. The summed E-state index contributed by atoms with van der Waals surface area (Å²) in [5, 5.41) is 11.3. The predicted octanol–water partition coefficient (Wildman–Crippen LogP) is 1.32. The van der Waals surface area contributed by atoms with Gasteiger partial charge in [-0.05, 0) is 36.1 Å². The van der Waals surface area contributed by atoms with E-state index in [1.54, 1.807) is 29.3 Å². The van der Waals surface area contributed by atoms with Crippen LogP contribution in [-0.2, 0) is 16.2 Å². The standard InChI is InChI=1S/C21H25N3O4/c22-20(26)19(21(27)23-24-12-10-17(25)11-13-24)16-6-8-18(9-7-16)28-14-15-4-2-1-3-5-15/h1-9,17,19,25H,10-14H2,(H2,22,26)(H,23,27). The summed E-state index contributed by atoms with van der Waals surface area (Å²) in [7, 11) is 0. The lowest BCUT2D eigenvalue weighted by Gasteiger charge is -2.30. The Kier molecular flexibility index (Phi) is 6.62. The molecule has 7 heteroatoms. The molecule has 7 nitrogen and oxygen atoms in total. The monoisotopic (exact) mass is 383 g/mol. The highest BCUT2D eigenvalue weighted by atomic mass is 16.5. The fourth-order valence-corrected chi connectivity index (χ4v) is 3.14. The first-order valence-electron chi connectivity index (χ1n) is 9.32. The zero-order valence-electron chi connectivity index (χ0n) is 15.6. The number of aliphatic hydroxyl groups is 1. The summed E-state index contributed by atoms with van der Waals surface area (Å²) in [5.41, 5.74) is 9.77. The Labute approximate surface area is 164 Å². The van der Waals surface area contributed by atoms with Gasteiger partial charge in [-0.25, -0.2) is 5.01 Å². The number of carbonyl (C=O) groups excluding carboxylic acids is 2. The lowest BCUT2D eigenvalue weighted by atomic mass is 9.97. The van der Waals surface area contributed by atoms with E-state index in [9.17, 15) is 14.7 Å². The number of nitrogens with one attached hydrogen (secondary N) is 1. The van der Waals surface area contributed by atoms with Crippen LogP contribution in [0.2, 0.25) is 0 Å². The second kappa shape index (κ2) is 9.34. The van der Waals surface area contributed by atoms with Gasteiger partial charge < -0.3 is 15.6 Å². The average Bonchev–Trinajstić information content (AvgIpc) is 2.70. The molecule has 1 fully saturated rings. The van der Waals surface area contributed by atoms with Gasteiger partial charge in [-0.1, -0.05) is 42.5 Å². The van der Waals surface area contributed by atoms with Crippen molar-refractivity contribution in [3.63, 3.8) is 0 Å². The number of primary amides is 1. The van der Waals surface area contributed by atoms with Crippen LogP contribution in [-0.4, -0.2) is 41.1 Å². The average molecular weight is 383 g/mol. The molecule has 2 amide bonds. The first-order valence-corrected chi connectivity index (χ1v) is 9.32. The van der Waals surface area contributed by atoms with Crippen molar-refractivity contribution in [2.75, 3.05) is 13.1 Å². The van der Waals surface area contributed by atoms with Gasteiger partial charge in [0.1, 0.15) is 18.3 Å². The van der Waals surface area contributed by atoms with Gasteiger partial charge in [0.2, 0.25) is 5.91 Å². The molecule has 1 unspecified atom stereocenters. The van der Waals surface area contributed by atoms with Crippen molar-refractivity contribution >= 4 is 11.8 Å². The molecule has 0 saturated carbocycles. The highest BCUT2D eigenvalue weighted by Crippen LogP contribution is 2.21. The second-order valence-corrected chi connectivity index (χ2v) is 6.87.